The number of fused-ring (bicyclic) bond motifs is 1. The first-order chi connectivity index (χ1) is 15.1. The van der Waals surface area contributed by atoms with E-state index in [4.69, 9.17) is 4.74 Å². The first-order valence-corrected chi connectivity index (χ1v) is 10.0. The summed E-state index contributed by atoms with van der Waals surface area (Å²) in [6.45, 7) is 0.452. The summed E-state index contributed by atoms with van der Waals surface area (Å²) in [5.74, 6) is 0.602. The van der Waals surface area contributed by atoms with Crippen LogP contribution in [0.5, 0.6) is 5.75 Å². The first kappa shape index (κ1) is 20.6. The van der Waals surface area contributed by atoms with E-state index < -0.39 is 0 Å². The molecule has 1 N–H and O–H groups in total. The van der Waals surface area contributed by atoms with Crippen LogP contribution in [-0.2, 0) is 0 Å². The van der Waals surface area contributed by atoms with Crippen LogP contribution in [0.2, 0.25) is 0 Å². The molecule has 7 heteroatoms. The number of carbonyl (C=O) groups is 1. The summed E-state index contributed by atoms with van der Waals surface area (Å²) in [7, 11) is 5.63. The summed E-state index contributed by atoms with van der Waals surface area (Å²) in [4.78, 5) is 19.5. The van der Waals surface area contributed by atoms with Crippen molar-refractivity contribution in [2.24, 2.45) is 0 Å². The third kappa shape index (κ3) is 4.27. The van der Waals surface area contributed by atoms with Gasteiger partial charge < -0.3 is 15.0 Å². The normalized spacial score (nSPS) is 12.1. The maximum Gasteiger partial charge on any atom is 0.256 e. The van der Waals surface area contributed by atoms with Crippen molar-refractivity contribution in [1.29, 1.82) is 0 Å². The number of carbonyl (C=O) groups excluding carboxylic acids is 1. The fraction of sp³-hybridized carbons (Fsp3) is 0.208. The third-order valence-electron chi connectivity index (χ3n) is 5.30. The quantitative estimate of drug-likeness (QED) is 0.501. The lowest BCUT2D eigenvalue weighted by Gasteiger charge is -2.25. The Labute approximate surface area is 181 Å². The van der Waals surface area contributed by atoms with Crippen LogP contribution in [0, 0.1) is 0 Å². The maximum atomic E-state index is 13.0. The smallest absolute Gasteiger partial charge is 0.256 e. The second-order valence-corrected chi connectivity index (χ2v) is 7.45. The summed E-state index contributed by atoms with van der Waals surface area (Å²) in [5, 5.41) is 7.46. The molecule has 0 spiro atoms. The highest BCUT2D eigenvalue weighted by Gasteiger charge is 2.19. The van der Waals surface area contributed by atoms with E-state index in [2.05, 4.69) is 20.3 Å². The molecular formula is C24H25N5O2. The fourth-order valence-electron chi connectivity index (χ4n) is 3.59. The predicted octanol–water partition coefficient (Wildman–Crippen LogP) is 3.44. The van der Waals surface area contributed by atoms with Crippen molar-refractivity contribution in [2.45, 2.75) is 6.04 Å². The van der Waals surface area contributed by atoms with Gasteiger partial charge in [0, 0.05) is 18.3 Å². The Hall–Kier alpha value is -3.71. The van der Waals surface area contributed by atoms with E-state index in [1.165, 1.54) is 0 Å². The Morgan fingerprint density at radius 2 is 1.84 bits per heavy atom. The number of aromatic nitrogens is 3. The number of nitrogens with one attached hydrogen (secondary N) is 1. The Kier molecular flexibility index (Phi) is 5.95. The molecule has 4 rings (SSSR count). The van der Waals surface area contributed by atoms with Gasteiger partial charge in [-0.1, -0.05) is 42.5 Å². The number of rotatable bonds is 7. The third-order valence-corrected chi connectivity index (χ3v) is 5.30. The lowest BCUT2D eigenvalue weighted by atomic mass is 10.1. The summed E-state index contributed by atoms with van der Waals surface area (Å²) < 4.78 is 6.94. The number of ether oxygens (including phenoxy) is 1. The van der Waals surface area contributed by atoms with Gasteiger partial charge in [-0.15, -0.1) is 0 Å². The van der Waals surface area contributed by atoms with E-state index in [9.17, 15) is 4.79 Å². The molecule has 0 fully saturated rings. The van der Waals surface area contributed by atoms with Crippen LogP contribution in [0.1, 0.15) is 22.0 Å². The molecule has 31 heavy (non-hydrogen) atoms. The molecule has 158 valence electrons. The number of amides is 1. The molecule has 1 amide bonds. The second kappa shape index (κ2) is 8.97. The van der Waals surface area contributed by atoms with Crippen molar-refractivity contribution in [2.75, 3.05) is 27.7 Å². The Balaban J connectivity index is 1.55. The molecule has 2 aromatic carbocycles. The lowest BCUT2D eigenvalue weighted by Crippen LogP contribution is -2.34. The number of benzene rings is 2. The van der Waals surface area contributed by atoms with Gasteiger partial charge in [-0.3, -0.25) is 4.79 Å². The van der Waals surface area contributed by atoms with Crippen molar-refractivity contribution in [3.05, 3.63) is 84.2 Å². The molecule has 0 saturated carbocycles. The van der Waals surface area contributed by atoms with Crippen molar-refractivity contribution in [3.8, 4) is 17.0 Å². The predicted molar refractivity (Wildman–Crippen MR) is 120 cm³/mol. The Morgan fingerprint density at radius 1 is 1.10 bits per heavy atom. The topological polar surface area (TPSA) is 71.8 Å². The van der Waals surface area contributed by atoms with Crippen LogP contribution < -0.4 is 10.1 Å². The van der Waals surface area contributed by atoms with Gasteiger partial charge in [0.05, 0.1) is 25.0 Å². The molecule has 2 aromatic heterocycles. The number of nitrogens with zero attached hydrogens (tertiary/aromatic N) is 4. The molecule has 1 unspecified atom stereocenters. The number of methoxy groups -OCH3 is 1. The van der Waals surface area contributed by atoms with Gasteiger partial charge in [0.1, 0.15) is 11.3 Å². The SMILES string of the molecule is COc1ccc(C(CNC(=O)c2cnn3c(-c4ccccc4)ccnc23)N(C)C)cc1. The van der Waals surface area contributed by atoms with E-state index in [0.717, 1.165) is 22.6 Å². The fourth-order valence-corrected chi connectivity index (χ4v) is 3.59. The van der Waals surface area contributed by atoms with Gasteiger partial charge in [0.25, 0.3) is 5.91 Å². The molecule has 0 bridgehead atoms. The average molecular weight is 415 g/mol. The number of likely N-dealkylation sites (N-methyl/N-ethyl adjacent to an activating group) is 1. The molecule has 0 saturated heterocycles. The highest BCUT2D eigenvalue weighted by Crippen LogP contribution is 2.22. The summed E-state index contributed by atoms with van der Waals surface area (Å²) in [6.07, 6.45) is 3.28. The van der Waals surface area contributed by atoms with Crippen LogP contribution in [0.4, 0.5) is 0 Å². The van der Waals surface area contributed by atoms with Crippen molar-refractivity contribution >= 4 is 11.6 Å². The second-order valence-electron chi connectivity index (χ2n) is 7.45. The highest BCUT2D eigenvalue weighted by molar-refractivity contribution is 5.99. The Bertz CT molecular complexity index is 1170. The van der Waals surface area contributed by atoms with Gasteiger partial charge in [0.2, 0.25) is 0 Å². The standard InChI is InChI=1S/C24H25N5O2/c1-28(2)22(18-9-11-19(31-3)12-10-18)16-26-24(30)20-15-27-29-21(13-14-25-23(20)29)17-7-5-4-6-8-17/h4-15,22H,16H2,1-3H3,(H,26,30). The maximum absolute atomic E-state index is 13.0. The number of hydrogen-bond donors (Lipinski definition) is 1. The molecule has 0 aliphatic heterocycles. The summed E-state index contributed by atoms with van der Waals surface area (Å²) in [6, 6.07) is 19.7. The number of hydrogen-bond acceptors (Lipinski definition) is 5. The Morgan fingerprint density at radius 3 is 2.52 bits per heavy atom. The van der Waals surface area contributed by atoms with Gasteiger partial charge in [-0.05, 0) is 37.9 Å². The molecule has 0 aliphatic carbocycles. The molecule has 1 atom stereocenters. The van der Waals surface area contributed by atoms with Gasteiger partial charge in [-0.2, -0.15) is 5.10 Å². The zero-order valence-electron chi connectivity index (χ0n) is 17.8. The summed E-state index contributed by atoms with van der Waals surface area (Å²) >= 11 is 0. The minimum atomic E-state index is -0.201. The van der Waals surface area contributed by atoms with Crippen molar-refractivity contribution in [1.82, 2.24) is 24.8 Å². The van der Waals surface area contributed by atoms with Crippen molar-refractivity contribution < 1.29 is 9.53 Å². The minimum absolute atomic E-state index is 0.0181. The molecule has 0 aliphatic rings. The largest absolute Gasteiger partial charge is 0.497 e. The lowest BCUT2D eigenvalue weighted by molar-refractivity contribution is 0.0943. The van der Waals surface area contributed by atoms with Crippen LogP contribution in [0.25, 0.3) is 16.9 Å². The van der Waals surface area contributed by atoms with E-state index in [-0.39, 0.29) is 11.9 Å². The van der Waals surface area contributed by atoms with Crippen LogP contribution in [-0.4, -0.2) is 53.2 Å². The average Bonchev–Trinajstić information content (AvgIpc) is 3.24. The molecule has 0 radical (unpaired) electrons. The van der Waals surface area contributed by atoms with Gasteiger partial charge >= 0.3 is 0 Å². The molecule has 2 heterocycles. The monoisotopic (exact) mass is 415 g/mol. The van der Waals surface area contributed by atoms with Gasteiger partial charge in [-0.25, -0.2) is 9.50 Å². The molecular weight excluding hydrogens is 390 g/mol. The minimum Gasteiger partial charge on any atom is -0.497 e. The van der Waals surface area contributed by atoms with Gasteiger partial charge in [0.15, 0.2) is 5.65 Å². The van der Waals surface area contributed by atoms with Crippen LogP contribution in [0.3, 0.4) is 0 Å². The van der Waals surface area contributed by atoms with Crippen molar-refractivity contribution in [3.63, 3.8) is 0 Å². The molecule has 4 aromatic rings. The van der Waals surface area contributed by atoms with E-state index in [1.807, 2.05) is 74.8 Å². The van der Waals surface area contributed by atoms with Crippen LogP contribution in [0.15, 0.2) is 73.1 Å². The highest BCUT2D eigenvalue weighted by atomic mass is 16.5. The zero-order valence-corrected chi connectivity index (χ0v) is 17.8. The molecule has 7 nitrogen and oxygen atoms in total. The van der Waals surface area contributed by atoms with E-state index in [1.54, 1.807) is 24.0 Å². The zero-order chi connectivity index (χ0) is 21.8. The summed E-state index contributed by atoms with van der Waals surface area (Å²) in [5.41, 5.74) is 3.97. The van der Waals surface area contributed by atoms with E-state index >= 15 is 0 Å². The first-order valence-electron chi connectivity index (χ1n) is 10.0. The van der Waals surface area contributed by atoms with Crippen LogP contribution >= 0.6 is 0 Å². The van der Waals surface area contributed by atoms with E-state index in [0.29, 0.717) is 17.8 Å².